The molecule has 3 heteroatoms. The second kappa shape index (κ2) is 3.44. The highest BCUT2D eigenvalue weighted by molar-refractivity contribution is 7.99. The lowest BCUT2D eigenvalue weighted by Crippen LogP contribution is -2.20. The van der Waals surface area contributed by atoms with Crippen LogP contribution in [0.1, 0.15) is 19.3 Å². The molecule has 1 fully saturated rings. The first-order valence-electron chi connectivity index (χ1n) is 3.28. The van der Waals surface area contributed by atoms with E-state index in [2.05, 4.69) is 0 Å². The van der Waals surface area contributed by atoms with Gasteiger partial charge in [0.2, 0.25) is 0 Å². The highest BCUT2D eigenvalue weighted by Gasteiger charge is 2.18. The van der Waals surface area contributed by atoms with Gasteiger partial charge < -0.3 is 10.2 Å². The molecule has 0 amide bonds. The van der Waals surface area contributed by atoms with Crippen LogP contribution >= 0.6 is 11.8 Å². The number of aliphatic hydroxyl groups excluding tert-OH is 2. The molecule has 0 aromatic heterocycles. The second-order valence-corrected chi connectivity index (χ2v) is 3.55. The zero-order valence-electron chi connectivity index (χ0n) is 5.29. The van der Waals surface area contributed by atoms with Crippen molar-refractivity contribution in [2.24, 2.45) is 0 Å². The predicted molar refractivity (Wildman–Crippen MR) is 38.3 cm³/mol. The number of hydrogen-bond acceptors (Lipinski definition) is 3. The van der Waals surface area contributed by atoms with Crippen LogP contribution in [0.15, 0.2) is 0 Å². The van der Waals surface area contributed by atoms with Gasteiger partial charge in [0.05, 0.1) is 6.10 Å². The van der Waals surface area contributed by atoms with Crippen LogP contribution in [0.4, 0.5) is 0 Å². The Kier molecular flexibility index (Phi) is 2.82. The van der Waals surface area contributed by atoms with Gasteiger partial charge in [0.25, 0.3) is 0 Å². The van der Waals surface area contributed by atoms with Crippen molar-refractivity contribution >= 4 is 11.8 Å². The van der Waals surface area contributed by atoms with Crippen LogP contribution in [0.25, 0.3) is 0 Å². The summed E-state index contributed by atoms with van der Waals surface area (Å²) >= 11 is 1.45. The summed E-state index contributed by atoms with van der Waals surface area (Å²) in [6, 6.07) is 0. The van der Waals surface area contributed by atoms with Crippen molar-refractivity contribution in [2.45, 2.75) is 30.8 Å². The Hall–Kier alpha value is 0.270. The van der Waals surface area contributed by atoms with E-state index < -0.39 is 11.5 Å². The SMILES string of the molecule is OC1CCCCSC1O. The summed E-state index contributed by atoms with van der Waals surface area (Å²) in [5.41, 5.74) is -0.535. The van der Waals surface area contributed by atoms with Gasteiger partial charge in [0.1, 0.15) is 5.44 Å². The third kappa shape index (κ3) is 2.16. The topological polar surface area (TPSA) is 40.5 Å². The monoisotopic (exact) mass is 148 g/mol. The molecule has 0 aromatic carbocycles. The third-order valence-corrected chi connectivity index (χ3v) is 2.69. The molecular formula is C6H12O2S. The van der Waals surface area contributed by atoms with E-state index in [1.807, 2.05) is 0 Å². The van der Waals surface area contributed by atoms with Gasteiger partial charge in [-0.15, -0.1) is 11.8 Å². The molecule has 1 heterocycles. The summed E-state index contributed by atoms with van der Waals surface area (Å²) in [6.07, 6.45) is 2.44. The van der Waals surface area contributed by atoms with Gasteiger partial charge in [-0.3, -0.25) is 0 Å². The van der Waals surface area contributed by atoms with Crippen molar-refractivity contribution in [3.8, 4) is 0 Å². The number of hydrogen-bond donors (Lipinski definition) is 2. The van der Waals surface area contributed by atoms with E-state index in [0.29, 0.717) is 0 Å². The van der Waals surface area contributed by atoms with E-state index in [1.54, 1.807) is 0 Å². The van der Waals surface area contributed by atoms with Crippen LogP contribution in [0.2, 0.25) is 0 Å². The Labute approximate surface area is 59.3 Å². The van der Waals surface area contributed by atoms with E-state index in [9.17, 15) is 0 Å². The number of rotatable bonds is 0. The predicted octanol–water partition coefficient (Wildman–Crippen LogP) is 0.583. The van der Waals surface area contributed by atoms with Gasteiger partial charge in [-0.1, -0.05) is 0 Å². The van der Waals surface area contributed by atoms with Crippen molar-refractivity contribution in [2.75, 3.05) is 5.75 Å². The maximum absolute atomic E-state index is 9.09. The van der Waals surface area contributed by atoms with Gasteiger partial charge >= 0.3 is 0 Å². The van der Waals surface area contributed by atoms with E-state index in [0.717, 1.165) is 25.0 Å². The zero-order chi connectivity index (χ0) is 6.69. The molecule has 2 N–H and O–H groups in total. The summed E-state index contributed by atoms with van der Waals surface area (Å²) in [6.45, 7) is 0. The van der Waals surface area contributed by atoms with Crippen molar-refractivity contribution in [3.05, 3.63) is 0 Å². The quantitative estimate of drug-likeness (QED) is 0.528. The Balaban J connectivity index is 2.32. The average molecular weight is 148 g/mol. The van der Waals surface area contributed by atoms with Crippen LogP contribution in [0.5, 0.6) is 0 Å². The summed E-state index contributed by atoms with van der Waals surface area (Å²) in [5.74, 6) is 0.984. The molecule has 2 atom stereocenters. The minimum absolute atomic E-state index is 0.488. The Bertz CT molecular complexity index is 77.1. The fourth-order valence-electron chi connectivity index (χ4n) is 0.913. The zero-order valence-corrected chi connectivity index (χ0v) is 6.10. The maximum atomic E-state index is 9.09. The number of aliphatic hydroxyl groups is 2. The highest BCUT2D eigenvalue weighted by atomic mass is 32.2. The molecule has 1 aliphatic rings. The van der Waals surface area contributed by atoms with E-state index in [4.69, 9.17) is 10.2 Å². The summed E-state index contributed by atoms with van der Waals surface area (Å²) < 4.78 is 0. The molecule has 2 nitrogen and oxygen atoms in total. The summed E-state index contributed by atoms with van der Waals surface area (Å²) in [7, 11) is 0. The molecule has 0 radical (unpaired) electrons. The average Bonchev–Trinajstić information content (AvgIpc) is 1.99. The van der Waals surface area contributed by atoms with Crippen molar-refractivity contribution in [3.63, 3.8) is 0 Å². The standard InChI is InChI=1S/C6H12O2S/c7-5-3-1-2-4-9-6(5)8/h5-8H,1-4H2. The smallest absolute Gasteiger partial charge is 0.125 e. The Morgan fingerprint density at radius 3 is 2.78 bits per heavy atom. The molecule has 1 saturated heterocycles. The minimum Gasteiger partial charge on any atom is -0.390 e. The highest BCUT2D eigenvalue weighted by Crippen LogP contribution is 2.22. The van der Waals surface area contributed by atoms with E-state index >= 15 is 0 Å². The third-order valence-electron chi connectivity index (χ3n) is 1.51. The van der Waals surface area contributed by atoms with Gasteiger partial charge in [-0.25, -0.2) is 0 Å². The van der Waals surface area contributed by atoms with Gasteiger partial charge in [-0.05, 0) is 25.0 Å². The fourth-order valence-corrected chi connectivity index (χ4v) is 1.88. The fraction of sp³-hybridized carbons (Fsp3) is 1.00. The molecule has 2 unspecified atom stereocenters. The molecule has 0 aliphatic carbocycles. The first kappa shape index (κ1) is 7.38. The lowest BCUT2D eigenvalue weighted by atomic mass is 10.2. The summed E-state index contributed by atoms with van der Waals surface area (Å²) in [5, 5.41) is 18.2. The Morgan fingerprint density at radius 2 is 2.00 bits per heavy atom. The molecule has 0 aromatic rings. The molecule has 54 valence electrons. The van der Waals surface area contributed by atoms with Crippen molar-refractivity contribution in [1.29, 1.82) is 0 Å². The largest absolute Gasteiger partial charge is 0.390 e. The molecule has 0 saturated carbocycles. The lowest BCUT2D eigenvalue weighted by molar-refractivity contribution is 0.0678. The first-order chi connectivity index (χ1) is 4.30. The second-order valence-electron chi connectivity index (χ2n) is 2.32. The normalized spacial score (nSPS) is 38.0. The molecule has 1 rings (SSSR count). The van der Waals surface area contributed by atoms with Crippen LogP contribution < -0.4 is 0 Å². The van der Waals surface area contributed by atoms with Crippen LogP contribution in [-0.2, 0) is 0 Å². The maximum Gasteiger partial charge on any atom is 0.125 e. The van der Waals surface area contributed by atoms with Crippen molar-refractivity contribution < 1.29 is 10.2 Å². The van der Waals surface area contributed by atoms with Gasteiger partial charge in [0, 0.05) is 0 Å². The summed E-state index contributed by atoms with van der Waals surface area (Å²) in [4.78, 5) is 0. The van der Waals surface area contributed by atoms with Crippen LogP contribution in [0.3, 0.4) is 0 Å². The molecule has 1 aliphatic heterocycles. The first-order valence-corrected chi connectivity index (χ1v) is 4.33. The van der Waals surface area contributed by atoms with Gasteiger partial charge in [0.15, 0.2) is 0 Å². The Morgan fingerprint density at radius 1 is 1.22 bits per heavy atom. The van der Waals surface area contributed by atoms with Crippen molar-refractivity contribution in [1.82, 2.24) is 0 Å². The van der Waals surface area contributed by atoms with Crippen LogP contribution in [0, 0.1) is 0 Å². The molecule has 0 spiro atoms. The molecule has 9 heavy (non-hydrogen) atoms. The van der Waals surface area contributed by atoms with E-state index in [-0.39, 0.29) is 0 Å². The van der Waals surface area contributed by atoms with Crippen LogP contribution in [-0.4, -0.2) is 27.5 Å². The van der Waals surface area contributed by atoms with Gasteiger partial charge in [-0.2, -0.15) is 0 Å². The molecule has 0 bridgehead atoms. The van der Waals surface area contributed by atoms with E-state index in [1.165, 1.54) is 11.8 Å². The minimum atomic E-state index is -0.535. The number of thioether (sulfide) groups is 1. The lowest BCUT2D eigenvalue weighted by Gasteiger charge is -2.11. The molecular weight excluding hydrogens is 136 g/mol.